The summed E-state index contributed by atoms with van der Waals surface area (Å²) in [6, 6.07) is 16.0. The van der Waals surface area contributed by atoms with Gasteiger partial charge in [0.25, 0.3) is 0 Å². The summed E-state index contributed by atoms with van der Waals surface area (Å²) in [5, 5.41) is 10.3. The number of aryl methyl sites for hydroxylation is 1. The van der Waals surface area contributed by atoms with Crippen molar-refractivity contribution in [3.8, 4) is 11.3 Å². The number of rotatable bonds is 4. The van der Waals surface area contributed by atoms with E-state index in [1.807, 2.05) is 61.7 Å². The average Bonchev–Trinajstić information content (AvgIpc) is 2.57. The smallest absolute Gasteiger partial charge is 0.307 e. The van der Waals surface area contributed by atoms with Crippen molar-refractivity contribution in [3.05, 3.63) is 59.7 Å². The Balaban J connectivity index is 2.25. The van der Waals surface area contributed by atoms with E-state index >= 15 is 0 Å². The second-order valence-electron chi connectivity index (χ2n) is 5.38. The number of hydrogen-bond donors (Lipinski definition) is 1. The van der Waals surface area contributed by atoms with Gasteiger partial charge in [0.05, 0.1) is 17.6 Å². The molecule has 0 aliphatic carbocycles. The summed E-state index contributed by atoms with van der Waals surface area (Å²) in [6.45, 7) is 1.97. The fraction of sp³-hybridized carbons (Fsp3) is 0.158. The monoisotopic (exact) mass is 323 g/mol. The van der Waals surface area contributed by atoms with Crippen molar-refractivity contribution < 1.29 is 9.90 Å². The van der Waals surface area contributed by atoms with Crippen LogP contribution in [0.15, 0.2) is 53.4 Å². The largest absolute Gasteiger partial charge is 0.481 e. The van der Waals surface area contributed by atoms with Gasteiger partial charge in [-0.1, -0.05) is 30.3 Å². The van der Waals surface area contributed by atoms with Crippen LogP contribution in [-0.2, 0) is 11.2 Å². The number of aliphatic carboxylic acids is 1. The number of fused-ring (bicyclic) bond motifs is 1. The van der Waals surface area contributed by atoms with E-state index in [0.29, 0.717) is 0 Å². The Labute approximate surface area is 139 Å². The predicted octanol–water partition coefficient (Wildman–Crippen LogP) is 4.56. The number of carboxylic acids is 1. The first-order chi connectivity index (χ1) is 11.1. The average molecular weight is 323 g/mol. The number of pyridine rings is 1. The molecule has 3 nitrogen and oxygen atoms in total. The van der Waals surface area contributed by atoms with Crippen LogP contribution in [0.4, 0.5) is 0 Å². The maximum absolute atomic E-state index is 11.3. The number of carbonyl (C=O) groups is 1. The molecule has 0 unspecified atom stereocenters. The summed E-state index contributed by atoms with van der Waals surface area (Å²) in [4.78, 5) is 17.2. The Morgan fingerprint density at radius 2 is 1.83 bits per heavy atom. The molecule has 2 aromatic carbocycles. The zero-order chi connectivity index (χ0) is 16.4. The number of hydrogen-bond acceptors (Lipinski definition) is 3. The summed E-state index contributed by atoms with van der Waals surface area (Å²) >= 11 is 1.68. The molecular weight excluding hydrogens is 306 g/mol. The van der Waals surface area contributed by atoms with Crippen molar-refractivity contribution in [3.63, 3.8) is 0 Å². The molecule has 0 amide bonds. The van der Waals surface area contributed by atoms with Gasteiger partial charge in [-0.25, -0.2) is 4.98 Å². The van der Waals surface area contributed by atoms with Crippen LogP contribution in [0.5, 0.6) is 0 Å². The van der Waals surface area contributed by atoms with Gasteiger partial charge in [0.1, 0.15) is 0 Å². The third kappa shape index (κ3) is 3.08. The van der Waals surface area contributed by atoms with Gasteiger partial charge in [-0.3, -0.25) is 4.79 Å². The Morgan fingerprint density at radius 1 is 1.13 bits per heavy atom. The molecule has 0 aliphatic heterocycles. The van der Waals surface area contributed by atoms with Gasteiger partial charge in [0.15, 0.2) is 0 Å². The molecule has 0 aliphatic rings. The molecule has 1 aromatic heterocycles. The summed E-state index contributed by atoms with van der Waals surface area (Å²) in [6.07, 6.45) is 2.01. The lowest BCUT2D eigenvalue weighted by molar-refractivity contribution is -0.136. The van der Waals surface area contributed by atoms with Crippen LogP contribution >= 0.6 is 11.8 Å². The SMILES string of the molecule is CSc1ccc(-c2nc3ccccc3c(C)c2CC(=O)O)cc1. The Bertz CT molecular complexity index is 872. The molecule has 0 saturated heterocycles. The van der Waals surface area contributed by atoms with Gasteiger partial charge in [-0.2, -0.15) is 0 Å². The minimum Gasteiger partial charge on any atom is -0.481 e. The van der Waals surface area contributed by atoms with Crippen LogP contribution in [0.1, 0.15) is 11.1 Å². The third-order valence-corrected chi connectivity index (χ3v) is 4.71. The molecule has 3 aromatic rings. The first-order valence-electron chi connectivity index (χ1n) is 7.34. The van der Waals surface area contributed by atoms with E-state index in [0.717, 1.165) is 33.3 Å². The standard InChI is InChI=1S/C19H17NO2S/c1-12-15-5-3-4-6-17(15)20-19(16(12)11-18(21)22)13-7-9-14(23-2)10-8-13/h3-10H,11H2,1-2H3,(H,21,22). The van der Waals surface area contributed by atoms with Gasteiger partial charge < -0.3 is 5.11 Å². The summed E-state index contributed by atoms with van der Waals surface area (Å²) in [5.41, 5.74) is 4.38. The van der Waals surface area contributed by atoms with E-state index in [1.165, 1.54) is 4.90 Å². The second kappa shape index (κ2) is 6.42. The van der Waals surface area contributed by atoms with E-state index < -0.39 is 5.97 Å². The molecule has 4 heteroatoms. The number of aromatic nitrogens is 1. The van der Waals surface area contributed by atoms with Gasteiger partial charge >= 0.3 is 5.97 Å². The van der Waals surface area contributed by atoms with Crippen molar-refractivity contribution in [1.82, 2.24) is 4.98 Å². The lowest BCUT2D eigenvalue weighted by atomic mass is 9.95. The molecule has 0 saturated carbocycles. The number of nitrogens with zero attached hydrogens (tertiary/aromatic N) is 1. The van der Waals surface area contributed by atoms with Crippen molar-refractivity contribution >= 4 is 28.6 Å². The minimum atomic E-state index is -0.841. The molecule has 0 spiro atoms. The number of benzene rings is 2. The Hall–Kier alpha value is -2.33. The molecule has 1 heterocycles. The number of para-hydroxylation sites is 1. The normalized spacial score (nSPS) is 10.9. The highest BCUT2D eigenvalue weighted by Gasteiger charge is 2.16. The van der Waals surface area contributed by atoms with E-state index in [1.54, 1.807) is 11.8 Å². The quantitative estimate of drug-likeness (QED) is 0.715. The summed E-state index contributed by atoms with van der Waals surface area (Å²) in [5.74, 6) is -0.841. The predicted molar refractivity (Wildman–Crippen MR) is 95.0 cm³/mol. The lowest BCUT2D eigenvalue weighted by Crippen LogP contribution is -2.06. The number of carboxylic acid groups (broad SMARTS) is 1. The highest BCUT2D eigenvalue weighted by molar-refractivity contribution is 7.98. The van der Waals surface area contributed by atoms with Gasteiger partial charge in [0, 0.05) is 15.8 Å². The van der Waals surface area contributed by atoms with Gasteiger partial charge in [-0.15, -0.1) is 11.8 Å². The number of thioether (sulfide) groups is 1. The van der Waals surface area contributed by atoms with E-state index in [4.69, 9.17) is 4.98 Å². The molecule has 0 bridgehead atoms. The lowest BCUT2D eigenvalue weighted by Gasteiger charge is -2.14. The Morgan fingerprint density at radius 3 is 2.48 bits per heavy atom. The van der Waals surface area contributed by atoms with Crippen molar-refractivity contribution in [2.45, 2.75) is 18.2 Å². The maximum Gasteiger partial charge on any atom is 0.307 e. The van der Waals surface area contributed by atoms with Crippen LogP contribution in [-0.4, -0.2) is 22.3 Å². The van der Waals surface area contributed by atoms with Crippen molar-refractivity contribution in [2.75, 3.05) is 6.26 Å². The molecule has 3 rings (SSSR count). The van der Waals surface area contributed by atoms with Gasteiger partial charge in [-0.05, 0) is 42.5 Å². The minimum absolute atomic E-state index is 0.0245. The molecule has 0 radical (unpaired) electrons. The highest BCUT2D eigenvalue weighted by atomic mass is 32.2. The molecule has 23 heavy (non-hydrogen) atoms. The third-order valence-electron chi connectivity index (χ3n) is 3.97. The first-order valence-corrected chi connectivity index (χ1v) is 8.57. The highest BCUT2D eigenvalue weighted by Crippen LogP contribution is 2.31. The zero-order valence-electron chi connectivity index (χ0n) is 13.0. The molecular formula is C19H17NO2S. The van der Waals surface area contributed by atoms with Crippen LogP contribution < -0.4 is 0 Å². The zero-order valence-corrected chi connectivity index (χ0v) is 13.9. The fourth-order valence-electron chi connectivity index (χ4n) is 2.77. The van der Waals surface area contributed by atoms with Crippen LogP contribution in [0.2, 0.25) is 0 Å². The Kier molecular flexibility index (Phi) is 4.35. The molecule has 0 atom stereocenters. The molecule has 116 valence electrons. The topological polar surface area (TPSA) is 50.2 Å². The van der Waals surface area contributed by atoms with E-state index in [9.17, 15) is 9.90 Å². The van der Waals surface area contributed by atoms with Crippen molar-refractivity contribution in [2.24, 2.45) is 0 Å². The van der Waals surface area contributed by atoms with Crippen LogP contribution in [0, 0.1) is 6.92 Å². The fourth-order valence-corrected chi connectivity index (χ4v) is 3.18. The van der Waals surface area contributed by atoms with Crippen LogP contribution in [0.3, 0.4) is 0 Å². The van der Waals surface area contributed by atoms with Crippen molar-refractivity contribution in [1.29, 1.82) is 0 Å². The van der Waals surface area contributed by atoms with Crippen LogP contribution in [0.25, 0.3) is 22.2 Å². The van der Waals surface area contributed by atoms with Gasteiger partial charge in [0.2, 0.25) is 0 Å². The summed E-state index contributed by atoms with van der Waals surface area (Å²) < 4.78 is 0. The molecule has 0 fully saturated rings. The first kappa shape index (κ1) is 15.6. The van der Waals surface area contributed by atoms with E-state index in [2.05, 4.69) is 0 Å². The summed E-state index contributed by atoms with van der Waals surface area (Å²) in [7, 11) is 0. The van der Waals surface area contributed by atoms with E-state index in [-0.39, 0.29) is 6.42 Å². The maximum atomic E-state index is 11.3. The molecule has 1 N–H and O–H groups in total. The second-order valence-corrected chi connectivity index (χ2v) is 6.26.